The van der Waals surface area contributed by atoms with Crippen molar-refractivity contribution in [1.29, 1.82) is 0 Å². The zero-order valence-corrected chi connectivity index (χ0v) is 9.25. The van der Waals surface area contributed by atoms with Crippen molar-refractivity contribution < 1.29 is 4.79 Å². The lowest BCUT2D eigenvalue weighted by atomic mass is 10.2. The minimum atomic E-state index is -0.0225. The van der Waals surface area contributed by atoms with Crippen molar-refractivity contribution in [3.8, 4) is 0 Å². The van der Waals surface area contributed by atoms with Crippen molar-refractivity contribution >= 4 is 5.91 Å². The van der Waals surface area contributed by atoms with Gasteiger partial charge in [0, 0.05) is 12.6 Å². The van der Waals surface area contributed by atoms with E-state index in [0.717, 1.165) is 6.42 Å². The third kappa shape index (κ3) is 9.04. The van der Waals surface area contributed by atoms with Crippen LogP contribution in [0.15, 0.2) is 24.3 Å². The number of rotatable bonds is 7. The Morgan fingerprint density at radius 2 is 2.00 bits per heavy atom. The molecule has 0 aromatic rings. The molecule has 0 bridgehead atoms. The Morgan fingerprint density at radius 1 is 1.21 bits per heavy atom. The first-order chi connectivity index (χ1) is 6.81. The molecule has 0 unspecified atom stereocenters. The number of carbonyl (C=O) groups is 1. The van der Waals surface area contributed by atoms with E-state index in [1.165, 1.54) is 19.3 Å². The van der Waals surface area contributed by atoms with Crippen LogP contribution in [-0.2, 0) is 4.79 Å². The van der Waals surface area contributed by atoms with E-state index < -0.39 is 0 Å². The normalized spacial score (nSPS) is 11.3. The van der Waals surface area contributed by atoms with E-state index in [-0.39, 0.29) is 5.91 Å². The second-order valence-corrected chi connectivity index (χ2v) is 3.18. The Labute approximate surface area is 87.1 Å². The largest absolute Gasteiger partial charge is 0.353 e. The highest BCUT2D eigenvalue weighted by atomic mass is 16.1. The number of hydrogen-bond donors (Lipinski definition) is 1. The number of likely N-dealkylation sites (N-methyl/N-ethyl adjacent to an activating group) is 1. The summed E-state index contributed by atoms with van der Waals surface area (Å²) in [5, 5.41) is 2.70. The van der Waals surface area contributed by atoms with Gasteiger partial charge in [0.15, 0.2) is 0 Å². The van der Waals surface area contributed by atoms with Crippen LogP contribution in [0, 0.1) is 0 Å². The lowest BCUT2D eigenvalue weighted by Crippen LogP contribution is -2.19. The van der Waals surface area contributed by atoms with Gasteiger partial charge < -0.3 is 5.32 Å². The zero-order chi connectivity index (χ0) is 10.6. The van der Waals surface area contributed by atoms with Gasteiger partial charge in [-0.3, -0.25) is 4.79 Å². The first-order valence-corrected chi connectivity index (χ1v) is 5.42. The summed E-state index contributed by atoms with van der Waals surface area (Å²) in [6, 6.07) is 0. The van der Waals surface area contributed by atoms with Gasteiger partial charge in [0.2, 0.25) is 5.91 Å². The summed E-state index contributed by atoms with van der Waals surface area (Å²) in [5.41, 5.74) is 0. The maximum atomic E-state index is 10.9. The number of carbonyl (C=O) groups excluding carboxylic acids is 1. The van der Waals surface area contributed by atoms with Gasteiger partial charge in [0.1, 0.15) is 0 Å². The molecule has 0 atom stereocenters. The molecule has 1 N–H and O–H groups in total. The van der Waals surface area contributed by atoms with E-state index in [0.29, 0.717) is 6.54 Å². The summed E-state index contributed by atoms with van der Waals surface area (Å²) in [6.45, 7) is 4.79. The van der Waals surface area contributed by atoms with E-state index in [1.807, 2.05) is 13.0 Å². The van der Waals surface area contributed by atoms with Crippen LogP contribution in [0.25, 0.3) is 0 Å². The maximum Gasteiger partial charge on any atom is 0.243 e. The predicted octanol–water partition coefficient (Wildman–Crippen LogP) is 2.82. The molecule has 0 saturated heterocycles. The average Bonchev–Trinajstić information content (AvgIpc) is 2.17. The van der Waals surface area contributed by atoms with E-state index in [9.17, 15) is 4.79 Å². The average molecular weight is 195 g/mol. The molecule has 14 heavy (non-hydrogen) atoms. The lowest BCUT2D eigenvalue weighted by Gasteiger charge is -1.92. The summed E-state index contributed by atoms with van der Waals surface area (Å²) in [4.78, 5) is 10.9. The molecule has 0 fully saturated rings. The van der Waals surface area contributed by atoms with Crippen molar-refractivity contribution in [3.63, 3.8) is 0 Å². The van der Waals surface area contributed by atoms with Crippen LogP contribution in [0.3, 0.4) is 0 Å². The van der Waals surface area contributed by atoms with Gasteiger partial charge in [-0.2, -0.15) is 0 Å². The van der Waals surface area contributed by atoms with E-state index in [1.54, 1.807) is 12.2 Å². The first-order valence-electron chi connectivity index (χ1n) is 5.42. The third-order valence-electron chi connectivity index (χ3n) is 1.82. The van der Waals surface area contributed by atoms with Gasteiger partial charge in [0.05, 0.1) is 0 Å². The quantitative estimate of drug-likeness (QED) is 0.378. The molecule has 0 aliphatic rings. The molecule has 0 aliphatic heterocycles. The number of amides is 1. The van der Waals surface area contributed by atoms with Crippen LogP contribution >= 0.6 is 0 Å². The van der Waals surface area contributed by atoms with Gasteiger partial charge in [0.25, 0.3) is 0 Å². The molecule has 0 aromatic heterocycles. The molecule has 0 radical (unpaired) electrons. The van der Waals surface area contributed by atoms with Crippen LogP contribution in [0.4, 0.5) is 0 Å². The van der Waals surface area contributed by atoms with Crippen molar-refractivity contribution in [2.24, 2.45) is 0 Å². The first kappa shape index (κ1) is 12.9. The SMILES string of the molecule is CCCCCC=C/C=C\C(=O)NCC. The molecule has 1 amide bonds. The van der Waals surface area contributed by atoms with Crippen LogP contribution < -0.4 is 5.32 Å². The fourth-order valence-electron chi connectivity index (χ4n) is 1.06. The summed E-state index contributed by atoms with van der Waals surface area (Å²) < 4.78 is 0. The molecule has 0 spiro atoms. The van der Waals surface area contributed by atoms with Crippen LogP contribution in [0.2, 0.25) is 0 Å². The van der Waals surface area contributed by atoms with Gasteiger partial charge in [-0.25, -0.2) is 0 Å². The Hall–Kier alpha value is -1.05. The maximum absolute atomic E-state index is 10.9. The van der Waals surface area contributed by atoms with Crippen LogP contribution in [0.1, 0.15) is 39.5 Å². The topological polar surface area (TPSA) is 29.1 Å². The summed E-state index contributed by atoms with van der Waals surface area (Å²) >= 11 is 0. The summed E-state index contributed by atoms with van der Waals surface area (Å²) in [6.07, 6.45) is 12.3. The van der Waals surface area contributed by atoms with E-state index >= 15 is 0 Å². The van der Waals surface area contributed by atoms with Crippen molar-refractivity contribution in [2.45, 2.75) is 39.5 Å². The highest BCUT2D eigenvalue weighted by molar-refractivity contribution is 5.87. The fraction of sp³-hybridized carbons (Fsp3) is 0.583. The second kappa shape index (κ2) is 10.0. The molecule has 0 aromatic carbocycles. The molecule has 2 nitrogen and oxygen atoms in total. The van der Waals surface area contributed by atoms with Crippen LogP contribution in [0.5, 0.6) is 0 Å². The van der Waals surface area contributed by atoms with Crippen molar-refractivity contribution in [1.82, 2.24) is 5.32 Å². The number of allylic oxidation sites excluding steroid dienone is 3. The number of hydrogen-bond acceptors (Lipinski definition) is 1. The molecule has 2 heteroatoms. The van der Waals surface area contributed by atoms with E-state index in [2.05, 4.69) is 18.3 Å². The molecule has 0 heterocycles. The fourth-order valence-corrected chi connectivity index (χ4v) is 1.06. The number of unbranched alkanes of at least 4 members (excludes halogenated alkanes) is 3. The molecule has 80 valence electrons. The standard InChI is InChI=1S/C12H21NO/c1-3-5-6-7-8-9-10-11-12(14)13-4-2/h8-11H,3-7H2,1-2H3,(H,13,14)/b9-8?,11-10-. The smallest absolute Gasteiger partial charge is 0.243 e. The third-order valence-corrected chi connectivity index (χ3v) is 1.82. The van der Waals surface area contributed by atoms with Crippen molar-refractivity contribution in [3.05, 3.63) is 24.3 Å². The zero-order valence-electron chi connectivity index (χ0n) is 9.25. The Kier molecular flexibility index (Phi) is 9.28. The van der Waals surface area contributed by atoms with Gasteiger partial charge in [-0.1, -0.05) is 38.0 Å². The predicted molar refractivity (Wildman–Crippen MR) is 61.1 cm³/mol. The van der Waals surface area contributed by atoms with Crippen molar-refractivity contribution in [2.75, 3.05) is 6.54 Å². The molecule has 0 rings (SSSR count). The van der Waals surface area contributed by atoms with Crippen LogP contribution in [-0.4, -0.2) is 12.5 Å². The molecule has 0 aliphatic carbocycles. The highest BCUT2D eigenvalue weighted by Gasteiger charge is 1.87. The van der Waals surface area contributed by atoms with E-state index in [4.69, 9.17) is 0 Å². The second-order valence-electron chi connectivity index (χ2n) is 3.18. The Balaban J connectivity index is 3.45. The Bertz CT molecular complexity index is 194. The monoisotopic (exact) mass is 195 g/mol. The highest BCUT2D eigenvalue weighted by Crippen LogP contribution is 1.99. The number of nitrogens with one attached hydrogen (secondary N) is 1. The minimum Gasteiger partial charge on any atom is -0.353 e. The summed E-state index contributed by atoms with van der Waals surface area (Å²) in [5.74, 6) is -0.0225. The minimum absolute atomic E-state index is 0.0225. The molecular weight excluding hydrogens is 174 g/mol. The van der Waals surface area contributed by atoms with Gasteiger partial charge in [-0.15, -0.1) is 0 Å². The molecular formula is C12H21NO. The van der Waals surface area contributed by atoms with Gasteiger partial charge >= 0.3 is 0 Å². The summed E-state index contributed by atoms with van der Waals surface area (Å²) in [7, 11) is 0. The molecule has 0 saturated carbocycles. The lowest BCUT2D eigenvalue weighted by molar-refractivity contribution is -0.116. The Morgan fingerprint density at radius 3 is 2.64 bits per heavy atom. The van der Waals surface area contributed by atoms with Gasteiger partial charge in [-0.05, 0) is 19.8 Å².